The number of nitrogens with two attached hydrogens (primary N) is 1. The van der Waals surface area contributed by atoms with Crippen molar-refractivity contribution in [1.29, 1.82) is 0 Å². The maximum Gasteiger partial charge on any atom is 0.354 e. The Morgan fingerprint density at radius 1 is 1.44 bits per heavy atom. The summed E-state index contributed by atoms with van der Waals surface area (Å²) in [6.07, 6.45) is 5.61. The van der Waals surface area contributed by atoms with Crippen LogP contribution in [0.4, 0.5) is 10.5 Å². The zero-order chi connectivity index (χ0) is 22.5. The first-order valence-corrected chi connectivity index (χ1v) is 12.3. The van der Waals surface area contributed by atoms with Crippen LogP contribution in [0.5, 0.6) is 5.88 Å². The van der Waals surface area contributed by atoms with Crippen LogP contribution in [0.3, 0.4) is 0 Å². The highest BCUT2D eigenvalue weighted by molar-refractivity contribution is 7.91. The molecule has 11 heteroatoms. The van der Waals surface area contributed by atoms with E-state index >= 15 is 0 Å². The van der Waals surface area contributed by atoms with Gasteiger partial charge in [-0.05, 0) is 54.4 Å². The lowest BCUT2D eigenvalue weighted by atomic mass is 9.94. The molecule has 0 fully saturated rings. The van der Waals surface area contributed by atoms with Gasteiger partial charge in [-0.15, -0.1) is 4.36 Å². The van der Waals surface area contributed by atoms with Gasteiger partial charge in [0.25, 0.3) is 0 Å². The van der Waals surface area contributed by atoms with E-state index in [0.29, 0.717) is 13.2 Å². The van der Waals surface area contributed by atoms with Gasteiger partial charge >= 0.3 is 6.03 Å². The topological polar surface area (TPSA) is 141 Å². The van der Waals surface area contributed by atoms with Gasteiger partial charge in [-0.2, -0.15) is 5.10 Å². The summed E-state index contributed by atoms with van der Waals surface area (Å²) in [5.41, 5.74) is 5.48. The Hall–Kier alpha value is -2.47. The normalized spacial score (nSPS) is 22.6. The minimum Gasteiger partial charge on any atom is -0.469 e. The van der Waals surface area contributed by atoms with Gasteiger partial charge in [0.1, 0.15) is 11.0 Å². The molecule has 0 radical (unpaired) electrons. The first-order valence-electron chi connectivity index (χ1n) is 10.8. The van der Waals surface area contributed by atoms with Crippen molar-refractivity contribution in [1.82, 2.24) is 9.78 Å². The summed E-state index contributed by atoms with van der Waals surface area (Å²) in [6, 6.07) is 1.50. The SMILES string of the molecule is COC[C@H]1CCc2cc3c(c(NC(=O)N=S(N)(=O)c4cnn5c4O[C@H](CO)C5)c21)CCC3. The number of hydrogen-bond acceptors (Lipinski definition) is 6. The second-order valence-electron chi connectivity index (χ2n) is 8.52. The number of methoxy groups -OCH3 is 1. The maximum atomic E-state index is 13.2. The molecule has 1 unspecified atom stereocenters. The number of nitrogens with one attached hydrogen (secondary N) is 1. The van der Waals surface area contributed by atoms with Crippen LogP contribution in [-0.4, -0.2) is 51.6 Å². The number of aliphatic hydroxyl groups excluding tert-OH is 1. The zero-order valence-electron chi connectivity index (χ0n) is 17.9. The quantitative estimate of drug-likeness (QED) is 0.619. The average Bonchev–Trinajstić information content (AvgIpc) is 3.50. The summed E-state index contributed by atoms with van der Waals surface area (Å²) >= 11 is 0. The van der Waals surface area contributed by atoms with Crippen molar-refractivity contribution >= 4 is 21.6 Å². The second-order valence-corrected chi connectivity index (χ2v) is 10.3. The number of carbonyl (C=O) groups excluding carboxylic acids is 1. The van der Waals surface area contributed by atoms with Crippen LogP contribution in [0, 0.1) is 0 Å². The van der Waals surface area contributed by atoms with Gasteiger partial charge in [0.15, 0.2) is 9.92 Å². The Kier molecular flexibility index (Phi) is 5.44. The van der Waals surface area contributed by atoms with Crippen LogP contribution in [0.15, 0.2) is 21.5 Å². The minimum absolute atomic E-state index is 0.0457. The number of ether oxygens (including phenoxy) is 2. The van der Waals surface area contributed by atoms with Crippen LogP contribution in [0.1, 0.15) is 41.0 Å². The van der Waals surface area contributed by atoms with Crippen molar-refractivity contribution in [3.8, 4) is 5.88 Å². The Morgan fingerprint density at radius 2 is 2.28 bits per heavy atom. The molecule has 2 aliphatic carbocycles. The van der Waals surface area contributed by atoms with E-state index in [1.807, 2.05) is 0 Å². The summed E-state index contributed by atoms with van der Waals surface area (Å²) in [4.78, 5) is 13.0. The molecule has 0 saturated heterocycles. The number of rotatable bonds is 5. The highest BCUT2D eigenvalue weighted by Crippen LogP contribution is 2.44. The van der Waals surface area contributed by atoms with E-state index in [4.69, 9.17) is 14.6 Å². The zero-order valence-corrected chi connectivity index (χ0v) is 18.7. The fourth-order valence-electron chi connectivity index (χ4n) is 5.07. The first-order chi connectivity index (χ1) is 15.4. The van der Waals surface area contributed by atoms with Gasteiger partial charge in [-0.25, -0.2) is 18.8 Å². The first kappa shape index (κ1) is 21.4. The van der Waals surface area contributed by atoms with E-state index in [1.54, 1.807) is 7.11 Å². The van der Waals surface area contributed by atoms with Gasteiger partial charge in [0.05, 0.1) is 26.0 Å². The Morgan fingerprint density at radius 3 is 3.06 bits per heavy atom. The highest BCUT2D eigenvalue weighted by atomic mass is 32.2. The standard InChI is InChI=1S/C21H27N5O5S/c1-30-11-14-6-5-13-7-12-3-2-4-16(12)19(18(13)14)24-21(28)25-32(22,29)17-8-23-26-9-15(10-27)31-20(17)26/h7-8,14-15,27H,2-6,9-11H2,1H3,(H3,22,24,25,28,29)/t14-,15+,32?/m1/s1. The van der Waals surface area contributed by atoms with E-state index < -0.39 is 22.1 Å². The third-order valence-electron chi connectivity index (χ3n) is 6.45. The number of benzene rings is 1. The molecule has 172 valence electrons. The van der Waals surface area contributed by atoms with Crippen molar-refractivity contribution in [2.24, 2.45) is 9.50 Å². The number of aryl methyl sites for hydroxylation is 2. The number of amides is 2. The molecule has 1 aromatic heterocycles. The summed E-state index contributed by atoms with van der Waals surface area (Å²) in [6.45, 7) is 0.682. The number of carbonyl (C=O) groups is 1. The van der Waals surface area contributed by atoms with E-state index in [2.05, 4.69) is 20.8 Å². The maximum absolute atomic E-state index is 13.2. The van der Waals surface area contributed by atoms with Gasteiger partial charge in [-0.3, -0.25) is 0 Å². The van der Waals surface area contributed by atoms with Crippen LogP contribution in [0.2, 0.25) is 0 Å². The number of aromatic nitrogens is 2. The molecule has 32 heavy (non-hydrogen) atoms. The number of urea groups is 1. The molecule has 0 saturated carbocycles. The van der Waals surface area contributed by atoms with E-state index in [0.717, 1.165) is 48.9 Å². The number of aliphatic hydroxyl groups is 1. The molecule has 4 N–H and O–H groups in total. The fourth-order valence-corrected chi connectivity index (χ4v) is 6.06. The summed E-state index contributed by atoms with van der Waals surface area (Å²) in [5, 5.41) is 22.3. The monoisotopic (exact) mass is 461 g/mol. The molecule has 3 atom stereocenters. The van der Waals surface area contributed by atoms with Crippen LogP contribution in [-0.2, 0) is 40.5 Å². The molecule has 2 heterocycles. The molecule has 0 bridgehead atoms. The van der Waals surface area contributed by atoms with Crippen LogP contribution < -0.4 is 15.2 Å². The van der Waals surface area contributed by atoms with E-state index in [9.17, 15) is 14.1 Å². The third kappa shape index (κ3) is 3.58. The predicted octanol–water partition coefficient (Wildman–Crippen LogP) is 1.73. The second kappa shape index (κ2) is 8.14. The van der Waals surface area contributed by atoms with E-state index in [1.165, 1.54) is 22.0 Å². The van der Waals surface area contributed by atoms with Gasteiger partial charge < -0.3 is 19.9 Å². The molecular weight excluding hydrogens is 434 g/mol. The smallest absolute Gasteiger partial charge is 0.354 e. The summed E-state index contributed by atoms with van der Waals surface area (Å²) in [5.74, 6) is 0.371. The number of nitrogens with zero attached hydrogens (tertiary/aromatic N) is 3. The number of hydrogen-bond donors (Lipinski definition) is 3. The molecule has 1 aliphatic heterocycles. The molecule has 2 aromatic rings. The lowest BCUT2D eigenvalue weighted by Gasteiger charge is -2.19. The predicted molar refractivity (Wildman–Crippen MR) is 117 cm³/mol. The molecule has 5 rings (SSSR count). The fraction of sp³-hybridized carbons (Fsp3) is 0.524. The molecule has 3 aliphatic rings. The lowest BCUT2D eigenvalue weighted by molar-refractivity contribution is 0.130. The highest BCUT2D eigenvalue weighted by Gasteiger charge is 2.32. The number of fused-ring (bicyclic) bond motifs is 3. The molecule has 10 nitrogen and oxygen atoms in total. The van der Waals surface area contributed by atoms with E-state index in [-0.39, 0.29) is 23.3 Å². The average molecular weight is 462 g/mol. The minimum atomic E-state index is -3.60. The number of anilines is 1. The van der Waals surface area contributed by atoms with Crippen molar-refractivity contribution in [2.45, 2.75) is 55.6 Å². The van der Waals surface area contributed by atoms with Gasteiger partial charge in [0.2, 0.25) is 5.88 Å². The molecule has 2 amide bonds. The molecule has 0 spiro atoms. The Labute approximate surface area is 186 Å². The molecular formula is C21H27N5O5S. The largest absolute Gasteiger partial charge is 0.469 e. The van der Waals surface area contributed by atoms with Crippen LogP contribution >= 0.6 is 0 Å². The lowest BCUT2D eigenvalue weighted by Crippen LogP contribution is -2.21. The van der Waals surface area contributed by atoms with Crippen molar-refractivity contribution < 1.29 is 23.6 Å². The third-order valence-corrected chi connectivity index (χ3v) is 7.80. The Balaban J connectivity index is 1.48. The Bertz CT molecular complexity index is 1200. The molecule has 1 aromatic carbocycles. The van der Waals surface area contributed by atoms with Crippen molar-refractivity contribution in [2.75, 3.05) is 25.6 Å². The summed E-state index contributed by atoms with van der Waals surface area (Å²) < 4.78 is 29.4. The summed E-state index contributed by atoms with van der Waals surface area (Å²) in [7, 11) is -1.92. The van der Waals surface area contributed by atoms with Gasteiger partial charge in [-0.1, -0.05) is 6.07 Å². The van der Waals surface area contributed by atoms with Gasteiger partial charge in [0, 0.05) is 18.7 Å². The van der Waals surface area contributed by atoms with Crippen LogP contribution in [0.25, 0.3) is 0 Å². The van der Waals surface area contributed by atoms with Crippen molar-refractivity contribution in [3.05, 3.63) is 34.5 Å². The van der Waals surface area contributed by atoms with Crippen molar-refractivity contribution in [3.63, 3.8) is 0 Å².